The summed E-state index contributed by atoms with van der Waals surface area (Å²) in [4.78, 5) is 15.9. The maximum absolute atomic E-state index is 14.0. The average molecular weight is 533 g/mol. The number of thiazole rings is 1. The summed E-state index contributed by atoms with van der Waals surface area (Å²) < 4.78 is 47.2. The van der Waals surface area contributed by atoms with E-state index in [9.17, 15) is 13.2 Å². The van der Waals surface area contributed by atoms with Crippen LogP contribution in [0.3, 0.4) is 0 Å². The van der Waals surface area contributed by atoms with Gasteiger partial charge in [-0.3, -0.25) is 13.8 Å². The normalized spacial score (nSPS) is 15.5. The van der Waals surface area contributed by atoms with Crippen LogP contribution in [0.5, 0.6) is 11.6 Å². The standard InChI is InChI=1S/C24H28N4O6S2/c1-4-27-16-21(24(26-27)33-5-2)36(30,31)28-15-18(8-11-23(29)32-3)34-20-9-6-17(14-19(20)28)7-10-22-25-12-13-35-22/h6-7,9-10,12-14,16,18H,4-5,8,11,15H2,1-3H3/b10-7+. The summed E-state index contributed by atoms with van der Waals surface area (Å²) in [6.45, 7) is 4.43. The number of anilines is 1. The van der Waals surface area contributed by atoms with Crippen molar-refractivity contribution in [3.05, 3.63) is 46.5 Å². The first-order valence-electron chi connectivity index (χ1n) is 11.5. The van der Waals surface area contributed by atoms with Crippen LogP contribution in [-0.4, -0.2) is 55.5 Å². The Morgan fingerprint density at radius 3 is 2.83 bits per heavy atom. The molecule has 0 fully saturated rings. The van der Waals surface area contributed by atoms with Crippen LogP contribution in [0.2, 0.25) is 0 Å². The zero-order valence-electron chi connectivity index (χ0n) is 20.3. The highest BCUT2D eigenvalue weighted by atomic mass is 32.2. The Morgan fingerprint density at radius 1 is 1.31 bits per heavy atom. The van der Waals surface area contributed by atoms with Gasteiger partial charge in [0.05, 0.1) is 25.9 Å². The van der Waals surface area contributed by atoms with Crippen molar-refractivity contribution in [1.29, 1.82) is 0 Å². The van der Waals surface area contributed by atoms with Crippen LogP contribution in [0.15, 0.2) is 40.9 Å². The maximum Gasteiger partial charge on any atom is 0.305 e. The summed E-state index contributed by atoms with van der Waals surface area (Å²) in [7, 11) is -2.76. The van der Waals surface area contributed by atoms with Gasteiger partial charge in [0.2, 0.25) is 0 Å². The minimum absolute atomic E-state index is 0.0190. The molecular formula is C24H28N4O6S2. The van der Waals surface area contributed by atoms with Crippen LogP contribution in [0.4, 0.5) is 5.69 Å². The summed E-state index contributed by atoms with van der Waals surface area (Å²) >= 11 is 1.50. The monoisotopic (exact) mass is 532 g/mol. The number of carbonyl (C=O) groups is 1. The Hall–Kier alpha value is -3.38. The van der Waals surface area contributed by atoms with Crippen LogP contribution >= 0.6 is 11.3 Å². The van der Waals surface area contributed by atoms with Crippen molar-refractivity contribution >= 4 is 45.2 Å². The Kier molecular flexibility index (Phi) is 7.94. The fraction of sp³-hybridized carbons (Fsp3) is 0.375. The molecule has 0 saturated carbocycles. The van der Waals surface area contributed by atoms with Crippen LogP contribution < -0.4 is 13.8 Å². The van der Waals surface area contributed by atoms with Gasteiger partial charge in [0.15, 0.2) is 4.90 Å². The molecule has 1 atom stereocenters. The minimum Gasteiger partial charge on any atom is -0.486 e. The zero-order valence-corrected chi connectivity index (χ0v) is 21.9. The van der Waals surface area contributed by atoms with Crippen molar-refractivity contribution < 1.29 is 27.4 Å². The number of sulfonamides is 1. The van der Waals surface area contributed by atoms with Gasteiger partial charge in [-0.25, -0.2) is 13.4 Å². The van der Waals surface area contributed by atoms with Crippen LogP contribution in [-0.2, 0) is 26.1 Å². The molecule has 2 aromatic heterocycles. The van der Waals surface area contributed by atoms with Gasteiger partial charge in [-0.1, -0.05) is 12.1 Å². The van der Waals surface area contributed by atoms with E-state index in [1.165, 1.54) is 33.6 Å². The summed E-state index contributed by atoms with van der Waals surface area (Å²) in [5.41, 5.74) is 1.19. The molecule has 0 saturated heterocycles. The molecule has 12 heteroatoms. The number of benzene rings is 1. The van der Waals surface area contributed by atoms with E-state index in [-0.39, 0.29) is 36.3 Å². The van der Waals surface area contributed by atoms with Crippen molar-refractivity contribution in [3.63, 3.8) is 0 Å². The molecule has 0 N–H and O–H groups in total. The van der Waals surface area contributed by atoms with Crippen molar-refractivity contribution in [2.75, 3.05) is 24.6 Å². The molecule has 1 aromatic carbocycles. The predicted octanol–water partition coefficient (Wildman–Crippen LogP) is 3.84. The van der Waals surface area contributed by atoms with Gasteiger partial charge >= 0.3 is 5.97 Å². The fourth-order valence-corrected chi connectivity index (χ4v) is 5.86. The topological polar surface area (TPSA) is 113 Å². The highest BCUT2D eigenvalue weighted by molar-refractivity contribution is 7.93. The van der Waals surface area contributed by atoms with Gasteiger partial charge < -0.3 is 14.2 Å². The molecule has 0 radical (unpaired) electrons. The van der Waals surface area contributed by atoms with E-state index in [0.29, 0.717) is 24.4 Å². The van der Waals surface area contributed by atoms with Crippen molar-refractivity contribution in [2.45, 2.75) is 44.2 Å². The van der Waals surface area contributed by atoms with E-state index in [1.807, 2.05) is 30.5 Å². The van der Waals surface area contributed by atoms with E-state index < -0.39 is 16.1 Å². The first kappa shape index (κ1) is 25.7. The van der Waals surface area contributed by atoms with Crippen LogP contribution in [0, 0.1) is 0 Å². The second kappa shape index (κ2) is 11.1. The molecule has 0 aliphatic carbocycles. The SMILES string of the molecule is CCOc1nn(CC)cc1S(=O)(=O)N1CC(CCC(=O)OC)Oc2ccc(/C=C/c3nccs3)cc21. The number of esters is 1. The molecule has 1 unspecified atom stereocenters. The second-order valence-electron chi connectivity index (χ2n) is 7.91. The van der Waals surface area contributed by atoms with Crippen LogP contribution in [0.1, 0.15) is 37.3 Å². The number of carbonyl (C=O) groups excluding carboxylic acids is 1. The molecule has 192 valence electrons. The van der Waals surface area contributed by atoms with E-state index in [1.54, 1.807) is 25.3 Å². The number of methoxy groups -OCH3 is 1. The average Bonchev–Trinajstić information content (AvgIpc) is 3.56. The molecule has 3 heterocycles. The Morgan fingerprint density at radius 2 is 2.14 bits per heavy atom. The fourth-order valence-electron chi connectivity index (χ4n) is 3.76. The smallest absolute Gasteiger partial charge is 0.305 e. The van der Waals surface area contributed by atoms with Gasteiger partial charge in [0.25, 0.3) is 15.9 Å². The lowest BCUT2D eigenvalue weighted by Crippen LogP contribution is -2.43. The zero-order chi connectivity index (χ0) is 25.7. The largest absolute Gasteiger partial charge is 0.486 e. The van der Waals surface area contributed by atoms with Gasteiger partial charge in [-0.15, -0.1) is 16.4 Å². The van der Waals surface area contributed by atoms with Gasteiger partial charge in [-0.05, 0) is 44.0 Å². The first-order chi connectivity index (χ1) is 17.3. The lowest BCUT2D eigenvalue weighted by atomic mass is 10.1. The van der Waals surface area contributed by atoms with Gasteiger partial charge in [-0.2, -0.15) is 0 Å². The minimum atomic E-state index is -4.08. The van der Waals surface area contributed by atoms with Crippen molar-refractivity contribution in [1.82, 2.24) is 14.8 Å². The number of rotatable bonds is 10. The first-order valence-corrected chi connectivity index (χ1v) is 13.9. The predicted molar refractivity (Wildman–Crippen MR) is 137 cm³/mol. The van der Waals surface area contributed by atoms with Gasteiger partial charge in [0.1, 0.15) is 16.9 Å². The van der Waals surface area contributed by atoms with E-state index in [4.69, 9.17) is 14.2 Å². The second-order valence-corrected chi connectivity index (χ2v) is 10.7. The number of fused-ring (bicyclic) bond motifs is 1. The summed E-state index contributed by atoms with van der Waals surface area (Å²) in [6.07, 6.45) is 6.80. The molecule has 36 heavy (non-hydrogen) atoms. The molecule has 1 aliphatic rings. The summed E-state index contributed by atoms with van der Waals surface area (Å²) in [5, 5.41) is 7.00. The third-order valence-corrected chi connectivity index (χ3v) is 8.05. The molecular weight excluding hydrogens is 504 g/mol. The highest BCUT2D eigenvalue weighted by Crippen LogP contribution is 2.40. The molecule has 1 aliphatic heterocycles. The maximum atomic E-state index is 14.0. The number of aryl methyl sites for hydroxylation is 1. The Labute approximate surface area is 214 Å². The number of hydrogen-bond acceptors (Lipinski definition) is 9. The quantitative estimate of drug-likeness (QED) is 0.362. The lowest BCUT2D eigenvalue weighted by Gasteiger charge is -2.35. The molecule has 3 aromatic rings. The van der Waals surface area contributed by atoms with Gasteiger partial charge in [0, 0.05) is 30.7 Å². The van der Waals surface area contributed by atoms with Crippen molar-refractivity contribution in [3.8, 4) is 11.6 Å². The molecule has 4 rings (SSSR count). The number of nitrogens with zero attached hydrogens (tertiary/aromatic N) is 4. The number of ether oxygens (including phenoxy) is 3. The summed E-state index contributed by atoms with van der Waals surface area (Å²) in [5.74, 6) is 0.0783. The van der Waals surface area contributed by atoms with E-state index in [0.717, 1.165) is 10.6 Å². The molecule has 0 bridgehead atoms. The molecule has 10 nitrogen and oxygen atoms in total. The van der Waals surface area contributed by atoms with Crippen molar-refractivity contribution in [2.24, 2.45) is 0 Å². The lowest BCUT2D eigenvalue weighted by molar-refractivity contribution is -0.141. The third-order valence-electron chi connectivity index (χ3n) is 5.55. The number of hydrogen-bond donors (Lipinski definition) is 0. The molecule has 0 amide bonds. The van der Waals surface area contributed by atoms with Crippen LogP contribution in [0.25, 0.3) is 12.2 Å². The van der Waals surface area contributed by atoms with E-state index in [2.05, 4.69) is 10.1 Å². The number of aromatic nitrogens is 3. The third kappa shape index (κ3) is 5.54. The van der Waals surface area contributed by atoms with E-state index >= 15 is 0 Å². The highest BCUT2D eigenvalue weighted by Gasteiger charge is 2.37. The summed E-state index contributed by atoms with van der Waals surface area (Å²) in [6, 6.07) is 5.35. The Bertz CT molecular complexity index is 1330. The molecule has 0 spiro atoms. The Balaban J connectivity index is 1.74.